The van der Waals surface area contributed by atoms with Crippen molar-refractivity contribution in [1.29, 1.82) is 0 Å². The van der Waals surface area contributed by atoms with Gasteiger partial charge in [-0.25, -0.2) is 9.48 Å². The van der Waals surface area contributed by atoms with E-state index < -0.39 is 0 Å². The third kappa shape index (κ3) is 6.43. The molecule has 3 N–H and O–H groups in total. The van der Waals surface area contributed by atoms with E-state index in [1.165, 1.54) is 0 Å². The normalized spacial score (nSPS) is 13.6. The number of urea groups is 1. The van der Waals surface area contributed by atoms with Gasteiger partial charge in [-0.15, -0.1) is 16.7 Å². The maximum atomic E-state index is 12.7. The first kappa shape index (κ1) is 23.5. The van der Waals surface area contributed by atoms with Crippen LogP contribution in [0.2, 0.25) is 0 Å². The fraction of sp³-hybridized carbons (Fsp3) is 0.476. The SMILES string of the molecule is CCN=C([O-])c1ccc(-n2nnc(C(=O)NC3CC3)c2CCCNC(=O)NCCCl)cc1. The van der Waals surface area contributed by atoms with Gasteiger partial charge in [0.15, 0.2) is 5.69 Å². The van der Waals surface area contributed by atoms with Crippen molar-refractivity contribution in [2.75, 3.05) is 25.5 Å². The molecule has 1 aliphatic carbocycles. The van der Waals surface area contributed by atoms with Crippen molar-refractivity contribution in [1.82, 2.24) is 30.9 Å². The van der Waals surface area contributed by atoms with Crippen LogP contribution in [0.3, 0.4) is 0 Å². The van der Waals surface area contributed by atoms with Crippen molar-refractivity contribution in [3.63, 3.8) is 0 Å². The average molecular weight is 461 g/mol. The van der Waals surface area contributed by atoms with Crippen LogP contribution in [0.4, 0.5) is 4.79 Å². The van der Waals surface area contributed by atoms with Gasteiger partial charge < -0.3 is 26.0 Å². The van der Waals surface area contributed by atoms with Gasteiger partial charge in [0.25, 0.3) is 5.91 Å². The first-order valence-electron chi connectivity index (χ1n) is 10.7. The Bertz CT molecular complexity index is 955. The van der Waals surface area contributed by atoms with Gasteiger partial charge in [-0.05, 0) is 56.2 Å². The minimum absolute atomic E-state index is 0.195. The molecule has 0 unspecified atom stereocenters. The number of aliphatic imine (C=N–C) groups is 1. The van der Waals surface area contributed by atoms with Crippen LogP contribution in [0.1, 0.15) is 47.9 Å². The molecule has 0 bridgehead atoms. The molecular weight excluding hydrogens is 434 g/mol. The Balaban J connectivity index is 1.74. The molecule has 0 spiro atoms. The van der Waals surface area contributed by atoms with Crippen LogP contribution >= 0.6 is 11.6 Å². The summed E-state index contributed by atoms with van der Waals surface area (Å²) >= 11 is 5.56. The molecule has 3 rings (SSSR count). The number of benzene rings is 1. The largest absolute Gasteiger partial charge is 0.858 e. The standard InChI is InChI=1S/C21H28ClN7O3/c1-2-23-19(30)14-5-9-16(10-6-14)29-17(4-3-12-24-21(32)25-13-11-22)18(27-28-29)20(31)26-15-7-8-15/h5-6,9-10,15H,2-4,7-8,11-13H2,1H3,(H,23,30)(H,26,31)(H2,24,25,32)/p-1. The predicted octanol–water partition coefficient (Wildman–Crippen LogP) is 0.757. The first-order valence-corrected chi connectivity index (χ1v) is 11.2. The average Bonchev–Trinajstić information content (AvgIpc) is 3.51. The molecule has 3 amide bonds. The van der Waals surface area contributed by atoms with Gasteiger partial charge in [0, 0.05) is 31.6 Å². The molecule has 10 nitrogen and oxygen atoms in total. The number of alkyl halides is 1. The second kappa shape index (κ2) is 11.5. The summed E-state index contributed by atoms with van der Waals surface area (Å²) in [5.41, 5.74) is 2.07. The summed E-state index contributed by atoms with van der Waals surface area (Å²) in [5, 5.41) is 28.6. The second-order valence-electron chi connectivity index (χ2n) is 7.35. The molecular formula is C21H27ClN7O3-. The van der Waals surface area contributed by atoms with Gasteiger partial charge >= 0.3 is 6.03 Å². The summed E-state index contributed by atoms with van der Waals surface area (Å²) in [6.45, 7) is 3.03. The molecule has 1 aliphatic rings. The Morgan fingerprint density at radius 1 is 1.22 bits per heavy atom. The number of carbonyl (C=O) groups is 2. The summed E-state index contributed by atoms with van der Waals surface area (Å²) < 4.78 is 1.60. The summed E-state index contributed by atoms with van der Waals surface area (Å²) in [5.74, 6) is -0.190. The number of hydrogen-bond donors (Lipinski definition) is 3. The molecule has 1 aromatic carbocycles. The van der Waals surface area contributed by atoms with Crippen LogP contribution in [-0.4, -0.2) is 64.4 Å². The monoisotopic (exact) mass is 460 g/mol. The fourth-order valence-corrected chi connectivity index (χ4v) is 3.15. The van der Waals surface area contributed by atoms with Gasteiger partial charge in [0.1, 0.15) is 0 Å². The highest BCUT2D eigenvalue weighted by Gasteiger charge is 2.27. The third-order valence-electron chi connectivity index (χ3n) is 4.81. The van der Waals surface area contributed by atoms with Crippen LogP contribution in [0.5, 0.6) is 0 Å². The quantitative estimate of drug-likeness (QED) is 0.197. The Morgan fingerprint density at radius 2 is 1.94 bits per heavy atom. The summed E-state index contributed by atoms with van der Waals surface area (Å²) in [6.07, 6.45) is 2.99. The molecule has 1 aromatic heterocycles. The van der Waals surface area contributed by atoms with Gasteiger partial charge in [-0.1, -0.05) is 17.3 Å². The summed E-state index contributed by atoms with van der Waals surface area (Å²) in [7, 11) is 0. The Labute approximate surface area is 191 Å². The Hall–Kier alpha value is -3.14. The van der Waals surface area contributed by atoms with Crippen LogP contribution in [-0.2, 0) is 6.42 Å². The van der Waals surface area contributed by atoms with E-state index in [-0.39, 0.29) is 29.6 Å². The van der Waals surface area contributed by atoms with Crippen molar-refractivity contribution < 1.29 is 14.7 Å². The molecule has 1 heterocycles. The van der Waals surface area contributed by atoms with E-state index in [0.29, 0.717) is 55.3 Å². The van der Waals surface area contributed by atoms with Gasteiger partial charge in [-0.2, -0.15) is 0 Å². The van der Waals surface area contributed by atoms with Crippen molar-refractivity contribution in [2.45, 2.75) is 38.6 Å². The zero-order valence-electron chi connectivity index (χ0n) is 17.9. The number of nitrogens with zero attached hydrogens (tertiary/aromatic N) is 4. The molecule has 172 valence electrons. The highest BCUT2D eigenvalue weighted by Crippen LogP contribution is 2.21. The third-order valence-corrected chi connectivity index (χ3v) is 5.00. The lowest BCUT2D eigenvalue weighted by Gasteiger charge is -2.12. The van der Waals surface area contributed by atoms with Crippen LogP contribution in [0, 0.1) is 0 Å². The van der Waals surface area contributed by atoms with Gasteiger partial charge in [-0.3, -0.25) is 4.79 Å². The van der Waals surface area contributed by atoms with E-state index in [1.807, 2.05) is 0 Å². The fourth-order valence-electron chi connectivity index (χ4n) is 3.05. The summed E-state index contributed by atoms with van der Waals surface area (Å²) in [4.78, 5) is 28.2. The van der Waals surface area contributed by atoms with Crippen LogP contribution in [0.15, 0.2) is 29.3 Å². The molecule has 11 heteroatoms. The van der Waals surface area contributed by atoms with E-state index in [9.17, 15) is 14.7 Å². The minimum Gasteiger partial charge on any atom is -0.858 e. The van der Waals surface area contributed by atoms with E-state index in [4.69, 9.17) is 11.6 Å². The lowest BCUT2D eigenvalue weighted by atomic mass is 10.1. The number of amides is 3. The lowest BCUT2D eigenvalue weighted by molar-refractivity contribution is -0.213. The molecule has 32 heavy (non-hydrogen) atoms. The minimum atomic E-state index is -0.290. The maximum absolute atomic E-state index is 12.7. The smallest absolute Gasteiger partial charge is 0.314 e. The highest BCUT2D eigenvalue weighted by molar-refractivity contribution is 6.18. The number of nitrogens with one attached hydrogen (secondary N) is 3. The lowest BCUT2D eigenvalue weighted by Crippen LogP contribution is -2.37. The first-order chi connectivity index (χ1) is 15.5. The van der Waals surface area contributed by atoms with Crippen molar-refractivity contribution in [3.05, 3.63) is 41.2 Å². The highest BCUT2D eigenvalue weighted by atomic mass is 35.5. The van der Waals surface area contributed by atoms with E-state index in [2.05, 4.69) is 31.3 Å². The van der Waals surface area contributed by atoms with E-state index >= 15 is 0 Å². The number of halogens is 1. The predicted molar refractivity (Wildman–Crippen MR) is 119 cm³/mol. The number of carbonyl (C=O) groups excluding carboxylic acids is 2. The van der Waals surface area contributed by atoms with Crippen molar-refractivity contribution in [2.24, 2.45) is 4.99 Å². The molecule has 1 saturated carbocycles. The Kier molecular flexibility index (Phi) is 8.43. The van der Waals surface area contributed by atoms with Gasteiger partial charge in [0.05, 0.1) is 11.4 Å². The molecule has 1 fully saturated rings. The number of rotatable bonds is 11. The molecule has 0 atom stereocenters. The zero-order valence-corrected chi connectivity index (χ0v) is 18.7. The zero-order chi connectivity index (χ0) is 22.9. The molecule has 0 saturated heterocycles. The van der Waals surface area contributed by atoms with Gasteiger partial charge in [0.2, 0.25) is 0 Å². The molecule has 2 aromatic rings. The summed E-state index contributed by atoms with van der Waals surface area (Å²) in [6, 6.07) is 6.75. The van der Waals surface area contributed by atoms with Crippen LogP contribution < -0.4 is 21.1 Å². The van der Waals surface area contributed by atoms with E-state index in [1.54, 1.807) is 35.9 Å². The second-order valence-corrected chi connectivity index (χ2v) is 7.72. The topological polar surface area (TPSA) is 136 Å². The van der Waals surface area contributed by atoms with E-state index in [0.717, 1.165) is 12.8 Å². The van der Waals surface area contributed by atoms with Crippen molar-refractivity contribution >= 4 is 29.4 Å². The number of hydrogen-bond acceptors (Lipinski definition) is 6. The van der Waals surface area contributed by atoms with Crippen molar-refractivity contribution in [3.8, 4) is 5.69 Å². The van der Waals surface area contributed by atoms with Crippen LogP contribution in [0.25, 0.3) is 5.69 Å². The maximum Gasteiger partial charge on any atom is 0.314 e. The molecule has 0 radical (unpaired) electrons. The molecule has 0 aliphatic heterocycles. The number of aromatic nitrogens is 3. The Morgan fingerprint density at radius 3 is 2.59 bits per heavy atom.